The standard InChI is InChI=1S/C21H30N6O2/c1-16-24-20(29-25-16)15-26-11-7-19(8-12-26)27-10-4-5-17(14-27)21(28)23-13-18-6-2-3-9-22-18/h2-3,6,9,17,19H,4-5,7-8,10-15H2,1H3,(H,23,28). The normalized spacial score (nSPS) is 21.9. The van der Waals surface area contributed by atoms with Gasteiger partial charge in [-0.1, -0.05) is 11.2 Å². The molecule has 8 heteroatoms. The summed E-state index contributed by atoms with van der Waals surface area (Å²) in [6, 6.07) is 6.33. The maximum atomic E-state index is 12.7. The van der Waals surface area contributed by atoms with E-state index in [1.165, 1.54) is 0 Å². The number of hydrogen-bond donors (Lipinski definition) is 1. The Morgan fingerprint density at radius 2 is 2.10 bits per heavy atom. The number of rotatable bonds is 6. The average Bonchev–Trinajstić information content (AvgIpc) is 3.18. The average molecular weight is 399 g/mol. The highest BCUT2D eigenvalue weighted by Crippen LogP contribution is 2.24. The van der Waals surface area contributed by atoms with Gasteiger partial charge in [-0.25, -0.2) is 0 Å². The Balaban J connectivity index is 1.23. The summed E-state index contributed by atoms with van der Waals surface area (Å²) in [5, 5.41) is 6.94. The van der Waals surface area contributed by atoms with Crippen molar-refractivity contribution in [2.24, 2.45) is 5.92 Å². The second-order valence-corrected chi connectivity index (χ2v) is 8.12. The van der Waals surface area contributed by atoms with Crippen LogP contribution in [0.3, 0.4) is 0 Å². The third kappa shape index (κ3) is 5.39. The van der Waals surface area contributed by atoms with Gasteiger partial charge in [-0.15, -0.1) is 0 Å². The molecule has 2 saturated heterocycles. The fourth-order valence-electron chi connectivity index (χ4n) is 4.41. The van der Waals surface area contributed by atoms with Gasteiger partial charge in [-0.05, 0) is 51.3 Å². The Bertz CT molecular complexity index is 787. The summed E-state index contributed by atoms with van der Waals surface area (Å²) in [6.07, 6.45) is 6.06. The Morgan fingerprint density at radius 1 is 1.24 bits per heavy atom. The van der Waals surface area contributed by atoms with E-state index >= 15 is 0 Å². The molecule has 2 fully saturated rings. The molecular weight excluding hydrogens is 368 g/mol. The molecule has 1 amide bonds. The molecule has 2 aliphatic heterocycles. The molecule has 29 heavy (non-hydrogen) atoms. The number of nitrogens with one attached hydrogen (secondary N) is 1. The number of aromatic nitrogens is 3. The van der Waals surface area contributed by atoms with Crippen LogP contribution in [0, 0.1) is 12.8 Å². The highest BCUT2D eigenvalue weighted by atomic mass is 16.5. The van der Waals surface area contributed by atoms with Crippen molar-refractivity contribution in [1.82, 2.24) is 30.2 Å². The number of hydrogen-bond acceptors (Lipinski definition) is 7. The first-order valence-electron chi connectivity index (χ1n) is 10.6. The van der Waals surface area contributed by atoms with Gasteiger partial charge in [0.2, 0.25) is 11.8 Å². The minimum Gasteiger partial charge on any atom is -0.350 e. The Labute approximate surface area is 171 Å². The minimum absolute atomic E-state index is 0.0758. The highest BCUT2D eigenvalue weighted by Gasteiger charge is 2.31. The van der Waals surface area contributed by atoms with Crippen LogP contribution in [-0.4, -0.2) is 63.1 Å². The number of likely N-dealkylation sites (tertiary alicyclic amines) is 2. The molecule has 2 aromatic rings. The monoisotopic (exact) mass is 398 g/mol. The van der Waals surface area contributed by atoms with Crippen LogP contribution in [0.4, 0.5) is 0 Å². The Morgan fingerprint density at radius 3 is 2.83 bits per heavy atom. The number of aryl methyl sites for hydroxylation is 1. The van der Waals surface area contributed by atoms with Crippen molar-refractivity contribution < 1.29 is 9.32 Å². The molecule has 0 saturated carbocycles. The third-order valence-electron chi connectivity index (χ3n) is 6.00. The van der Waals surface area contributed by atoms with Crippen molar-refractivity contribution in [3.8, 4) is 0 Å². The first-order valence-corrected chi connectivity index (χ1v) is 10.6. The molecule has 156 valence electrons. The molecular formula is C21H30N6O2. The molecule has 2 aromatic heterocycles. The number of nitrogens with zero attached hydrogens (tertiary/aromatic N) is 5. The van der Waals surface area contributed by atoms with Crippen molar-refractivity contribution in [2.45, 2.75) is 51.7 Å². The van der Waals surface area contributed by atoms with Gasteiger partial charge < -0.3 is 9.84 Å². The molecule has 0 radical (unpaired) electrons. The molecule has 0 bridgehead atoms. The van der Waals surface area contributed by atoms with Gasteiger partial charge in [-0.3, -0.25) is 19.6 Å². The van der Waals surface area contributed by atoms with Crippen molar-refractivity contribution >= 4 is 5.91 Å². The number of amides is 1. The largest absolute Gasteiger partial charge is 0.350 e. The first kappa shape index (κ1) is 20.0. The van der Waals surface area contributed by atoms with E-state index in [9.17, 15) is 4.79 Å². The van der Waals surface area contributed by atoms with Gasteiger partial charge in [0.25, 0.3) is 0 Å². The zero-order valence-corrected chi connectivity index (χ0v) is 17.1. The SMILES string of the molecule is Cc1noc(CN2CCC(N3CCCC(C(=O)NCc4ccccn4)C3)CC2)n1. The van der Waals surface area contributed by atoms with Crippen molar-refractivity contribution in [3.63, 3.8) is 0 Å². The molecule has 1 atom stereocenters. The fourth-order valence-corrected chi connectivity index (χ4v) is 4.41. The number of carbonyl (C=O) groups excluding carboxylic acids is 1. The third-order valence-corrected chi connectivity index (χ3v) is 6.00. The van der Waals surface area contributed by atoms with Crippen molar-refractivity contribution in [3.05, 3.63) is 41.8 Å². The van der Waals surface area contributed by atoms with Crippen molar-refractivity contribution in [2.75, 3.05) is 26.2 Å². The van der Waals surface area contributed by atoms with E-state index in [4.69, 9.17) is 4.52 Å². The molecule has 4 rings (SSSR count). The van der Waals surface area contributed by atoms with Gasteiger partial charge in [0.15, 0.2) is 5.82 Å². The van der Waals surface area contributed by atoms with Gasteiger partial charge in [0.1, 0.15) is 0 Å². The Hall–Kier alpha value is -2.32. The summed E-state index contributed by atoms with van der Waals surface area (Å²) in [5.74, 6) is 1.62. The summed E-state index contributed by atoms with van der Waals surface area (Å²) in [6.45, 7) is 7.09. The number of pyridine rings is 1. The summed E-state index contributed by atoms with van der Waals surface area (Å²) in [5.41, 5.74) is 0.900. The smallest absolute Gasteiger partial charge is 0.240 e. The minimum atomic E-state index is 0.0758. The van der Waals surface area contributed by atoms with Crippen molar-refractivity contribution in [1.29, 1.82) is 0 Å². The zero-order valence-electron chi connectivity index (χ0n) is 17.1. The molecule has 1 unspecified atom stereocenters. The van der Waals surface area contributed by atoms with Crippen LogP contribution in [-0.2, 0) is 17.9 Å². The van der Waals surface area contributed by atoms with E-state index in [1.54, 1.807) is 6.20 Å². The van der Waals surface area contributed by atoms with Crippen LogP contribution in [0.1, 0.15) is 43.1 Å². The highest BCUT2D eigenvalue weighted by molar-refractivity contribution is 5.78. The van der Waals surface area contributed by atoms with Crippen LogP contribution in [0.25, 0.3) is 0 Å². The lowest BCUT2D eigenvalue weighted by atomic mass is 9.93. The second kappa shape index (κ2) is 9.45. The van der Waals surface area contributed by atoms with Gasteiger partial charge in [0, 0.05) is 31.9 Å². The Kier molecular flexibility index (Phi) is 6.51. The van der Waals surface area contributed by atoms with Gasteiger partial charge in [0.05, 0.1) is 24.7 Å². The van der Waals surface area contributed by atoms with Gasteiger partial charge in [-0.2, -0.15) is 4.98 Å². The lowest BCUT2D eigenvalue weighted by molar-refractivity contribution is -0.127. The predicted molar refractivity (Wildman–Crippen MR) is 108 cm³/mol. The summed E-state index contributed by atoms with van der Waals surface area (Å²) >= 11 is 0. The predicted octanol–water partition coefficient (Wildman–Crippen LogP) is 1.77. The second-order valence-electron chi connectivity index (χ2n) is 8.12. The molecule has 0 aliphatic carbocycles. The topological polar surface area (TPSA) is 87.4 Å². The van der Waals surface area contributed by atoms with E-state index < -0.39 is 0 Å². The van der Waals surface area contributed by atoms with Crippen LogP contribution in [0.2, 0.25) is 0 Å². The van der Waals surface area contributed by atoms with Crippen LogP contribution in [0.15, 0.2) is 28.9 Å². The lowest BCUT2D eigenvalue weighted by Crippen LogP contribution is -2.50. The van der Waals surface area contributed by atoms with Crippen LogP contribution >= 0.6 is 0 Å². The number of piperidine rings is 2. The maximum Gasteiger partial charge on any atom is 0.240 e. The lowest BCUT2D eigenvalue weighted by Gasteiger charge is -2.41. The molecule has 8 nitrogen and oxygen atoms in total. The van der Waals surface area contributed by atoms with Crippen LogP contribution in [0.5, 0.6) is 0 Å². The summed E-state index contributed by atoms with van der Waals surface area (Å²) < 4.78 is 5.24. The van der Waals surface area contributed by atoms with E-state index in [0.717, 1.165) is 64.1 Å². The molecule has 0 aromatic carbocycles. The summed E-state index contributed by atoms with van der Waals surface area (Å²) in [4.78, 5) is 26.2. The zero-order chi connectivity index (χ0) is 20.1. The van der Waals surface area contributed by atoms with Gasteiger partial charge >= 0.3 is 0 Å². The van der Waals surface area contributed by atoms with E-state index in [0.29, 0.717) is 24.3 Å². The molecule has 2 aliphatic rings. The van der Waals surface area contributed by atoms with Crippen LogP contribution < -0.4 is 5.32 Å². The molecule has 4 heterocycles. The fraction of sp³-hybridized carbons (Fsp3) is 0.619. The maximum absolute atomic E-state index is 12.7. The summed E-state index contributed by atoms with van der Waals surface area (Å²) in [7, 11) is 0. The van der Waals surface area contributed by atoms with E-state index in [1.807, 2.05) is 25.1 Å². The van der Waals surface area contributed by atoms with E-state index in [-0.39, 0.29) is 11.8 Å². The van der Waals surface area contributed by atoms with E-state index in [2.05, 4.69) is 30.2 Å². The molecule has 0 spiro atoms. The first-order chi connectivity index (χ1) is 14.2. The number of carbonyl (C=O) groups is 1. The molecule has 1 N–H and O–H groups in total. The quantitative estimate of drug-likeness (QED) is 0.793.